The van der Waals surface area contributed by atoms with Crippen LogP contribution in [0.3, 0.4) is 0 Å². The molecule has 2 aromatic heterocycles. The smallest absolute Gasteiger partial charge is 0.229 e. The summed E-state index contributed by atoms with van der Waals surface area (Å²) in [6.45, 7) is 3.63. The number of hydrogen-bond acceptors (Lipinski definition) is 6. The number of anilines is 1. The number of nitrogens with one attached hydrogen (secondary N) is 1. The van der Waals surface area contributed by atoms with Crippen molar-refractivity contribution >= 4 is 11.7 Å². The van der Waals surface area contributed by atoms with Crippen LogP contribution in [0.4, 0.5) is 14.6 Å². The molecule has 1 amide bonds. The van der Waals surface area contributed by atoms with Gasteiger partial charge < -0.3 is 15.2 Å². The Bertz CT molecular complexity index is 1140. The average Bonchev–Trinajstić information content (AvgIpc) is 3.47. The summed E-state index contributed by atoms with van der Waals surface area (Å²) < 4.78 is 33.1. The maximum absolute atomic E-state index is 14.1. The second-order valence-corrected chi connectivity index (χ2v) is 7.59. The predicted octanol–water partition coefficient (Wildman–Crippen LogP) is 3.45. The molecule has 1 fully saturated rings. The molecule has 9 heteroatoms. The first kappa shape index (κ1) is 20.6. The summed E-state index contributed by atoms with van der Waals surface area (Å²) in [4.78, 5) is 25.1. The number of nitrogens with zero attached hydrogens (tertiary/aromatic N) is 3. The molecule has 2 N–H and O–H groups in total. The van der Waals surface area contributed by atoms with Gasteiger partial charge in [-0.2, -0.15) is 0 Å². The molecule has 0 unspecified atom stereocenters. The highest BCUT2D eigenvalue weighted by Crippen LogP contribution is 2.55. The van der Waals surface area contributed by atoms with Crippen LogP contribution in [0.1, 0.15) is 23.5 Å². The third kappa shape index (κ3) is 4.16. The zero-order valence-corrected chi connectivity index (χ0v) is 16.9. The predicted molar refractivity (Wildman–Crippen MR) is 108 cm³/mol. The van der Waals surface area contributed by atoms with E-state index in [0.717, 1.165) is 6.20 Å². The van der Waals surface area contributed by atoms with Gasteiger partial charge in [0.05, 0.1) is 30.6 Å². The summed E-state index contributed by atoms with van der Waals surface area (Å²) in [5.41, 5.74) is 0.369. The van der Waals surface area contributed by atoms with Crippen LogP contribution in [0.5, 0.6) is 11.5 Å². The molecule has 2 atom stereocenters. The summed E-state index contributed by atoms with van der Waals surface area (Å²) in [6, 6.07) is 6.59. The van der Waals surface area contributed by atoms with Crippen LogP contribution in [0, 0.1) is 31.4 Å². The molecule has 1 aromatic carbocycles. The number of aromatic hydroxyl groups is 1. The second kappa shape index (κ2) is 7.90. The second-order valence-electron chi connectivity index (χ2n) is 7.59. The molecule has 4 rings (SSSR count). The third-order valence-electron chi connectivity index (χ3n) is 5.43. The Morgan fingerprint density at radius 3 is 2.71 bits per heavy atom. The molecule has 31 heavy (non-hydrogen) atoms. The molecule has 1 saturated carbocycles. The van der Waals surface area contributed by atoms with Gasteiger partial charge in [-0.15, -0.1) is 0 Å². The maximum atomic E-state index is 14.1. The first-order valence-electron chi connectivity index (χ1n) is 9.63. The Morgan fingerprint density at radius 1 is 1.23 bits per heavy atom. The van der Waals surface area contributed by atoms with E-state index in [0.29, 0.717) is 29.3 Å². The Balaban J connectivity index is 1.58. The van der Waals surface area contributed by atoms with E-state index in [-0.39, 0.29) is 18.3 Å². The lowest BCUT2D eigenvalue weighted by molar-refractivity contribution is -0.117. The lowest BCUT2D eigenvalue weighted by atomic mass is 9.93. The van der Waals surface area contributed by atoms with E-state index in [4.69, 9.17) is 4.74 Å². The van der Waals surface area contributed by atoms with Gasteiger partial charge in [-0.1, -0.05) is 6.07 Å². The number of aromatic nitrogens is 3. The minimum Gasteiger partial charge on any atom is -0.505 e. The lowest BCUT2D eigenvalue weighted by Crippen LogP contribution is -2.27. The fourth-order valence-corrected chi connectivity index (χ4v) is 3.61. The first-order chi connectivity index (χ1) is 14.8. The van der Waals surface area contributed by atoms with E-state index < -0.39 is 28.7 Å². The molecule has 7 nitrogen and oxygen atoms in total. The average molecular weight is 426 g/mol. The number of pyridine rings is 1. The number of ether oxygens (including phenoxy) is 1. The number of phenols is 1. The highest BCUT2D eigenvalue weighted by molar-refractivity contribution is 5.95. The number of rotatable bonds is 6. The van der Waals surface area contributed by atoms with Gasteiger partial charge in [0.2, 0.25) is 5.91 Å². The number of phenolic OH excluding ortho intramolecular Hbond substituents is 1. The van der Waals surface area contributed by atoms with E-state index in [1.807, 2.05) is 0 Å². The van der Waals surface area contributed by atoms with Crippen LogP contribution in [0.2, 0.25) is 0 Å². The van der Waals surface area contributed by atoms with Crippen molar-refractivity contribution in [2.24, 2.45) is 5.92 Å². The number of carbonyl (C=O) groups is 1. The van der Waals surface area contributed by atoms with Crippen LogP contribution >= 0.6 is 0 Å². The van der Waals surface area contributed by atoms with Gasteiger partial charge in [-0.05, 0) is 50.1 Å². The fraction of sp³-hybridized carbons (Fsp3) is 0.273. The topological polar surface area (TPSA) is 97.2 Å². The highest BCUT2D eigenvalue weighted by atomic mass is 19.1. The molecule has 0 bridgehead atoms. The van der Waals surface area contributed by atoms with Gasteiger partial charge in [-0.25, -0.2) is 23.7 Å². The lowest BCUT2D eigenvalue weighted by Gasteiger charge is -2.20. The number of halogens is 2. The van der Waals surface area contributed by atoms with Gasteiger partial charge >= 0.3 is 0 Å². The van der Waals surface area contributed by atoms with Crippen LogP contribution in [-0.4, -0.2) is 32.6 Å². The quantitative estimate of drug-likeness (QED) is 0.627. The standard InChI is InChI=1S/C22H20F2N4O3/c1-12-19(10-25-13(2)27-12)31-11-22(14-3-5-18(29)17(24)7-14)8-16(22)21(30)28-20-6-4-15(23)9-26-20/h3-7,9-10,16,29H,8,11H2,1-2H3,(H,26,28,30)/t16-,22-/m0/s1. The van der Waals surface area contributed by atoms with E-state index >= 15 is 0 Å². The Morgan fingerprint density at radius 2 is 2.03 bits per heavy atom. The van der Waals surface area contributed by atoms with Gasteiger partial charge in [0.15, 0.2) is 17.3 Å². The number of aryl methyl sites for hydroxylation is 2. The summed E-state index contributed by atoms with van der Waals surface area (Å²) in [5, 5.41) is 12.2. The monoisotopic (exact) mass is 426 g/mol. The summed E-state index contributed by atoms with van der Waals surface area (Å²) in [7, 11) is 0. The van der Waals surface area contributed by atoms with E-state index in [9.17, 15) is 18.7 Å². The van der Waals surface area contributed by atoms with Crippen molar-refractivity contribution in [3.8, 4) is 11.5 Å². The summed E-state index contributed by atoms with van der Waals surface area (Å²) in [6.07, 6.45) is 2.97. The van der Waals surface area contributed by atoms with Gasteiger partial charge in [0.1, 0.15) is 17.5 Å². The van der Waals surface area contributed by atoms with Crippen molar-refractivity contribution in [3.05, 3.63) is 71.4 Å². The molecule has 2 heterocycles. The number of hydrogen-bond donors (Lipinski definition) is 2. The van der Waals surface area contributed by atoms with Crippen molar-refractivity contribution in [1.29, 1.82) is 0 Å². The molecular weight excluding hydrogens is 406 g/mol. The highest BCUT2D eigenvalue weighted by Gasteiger charge is 2.60. The largest absolute Gasteiger partial charge is 0.505 e. The molecule has 0 radical (unpaired) electrons. The van der Waals surface area contributed by atoms with E-state index in [1.165, 1.54) is 24.3 Å². The van der Waals surface area contributed by atoms with Crippen LogP contribution < -0.4 is 10.1 Å². The number of benzene rings is 1. The Hall–Kier alpha value is -3.62. The molecule has 0 saturated heterocycles. The van der Waals surface area contributed by atoms with Crippen molar-refractivity contribution in [3.63, 3.8) is 0 Å². The number of carbonyl (C=O) groups excluding carboxylic acids is 1. The SMILES string of the molecule is Cc1ncc(OC[C@]2(c3ccc(O)c(F)c3)C[C@H]2C(=O)Nc2ccc(F)cn2)c(C)n1. The minimum absolute atomic E-state index is 0.0827. The fourth-order valence-electron chi connectivity index (χ4n) is 3.61. The minimum atomic E-state index is -0.810. The van der Waals surface area contributed by atoms with Crippen molar-refractivity contribution in [1.82, 2.24) is 15.0 Å². The van der Waals surface area contributed by atoms with Crippen molar-refractivity contribution < 1.29 is 23.4 Å². The normalized spacial score (nSPS) is 19.7. The molecule has 160 valence electrons. The van der Waals surface area contributed by atoms with E-state index in [1.54, 1.807) is 26.1 Å². The molecule has 1 aliphatic rings. The van der Waals surface area contributed by atoms with Gasteiger partial charge in [0, 0.05) is 5.41 Å². The molecule has 0 aliphatic heterocycles. The third-order valence-corrected chi connectivity index (χ3v) is 5.43. The van der Waals surface area contributed by atoms with Crippen LogP contribution in [-0.2, 0) is 10.2 Å². The zero-order chi connectivity index (χ0) is 22.2. The van der Waals surface area contributed by atoms with E-state index in [2.05, 4.69) is 20.3 Å². The molecule has 3 aromatic rings. The first-order valence-corrected chi connectivity index (χ1v) is 9.63. The van der Waals surface area contributed by atoms with Crippen molar-refractivity contribution in [2.45, 2.75) is 25.7 Å². The maximum Gasteiger partial charge on any atom is 0.229 e. The Kier molecular flexibility index (Phi) is 5.26. The number of amides is 1. The van der Waals surface area contributed by atoms with Crippen LogP contribution in [0.15, 0.2) is 42.7 Å². The zero-order valence-electron chi connectivity index (χ0n) is 16.9. The summed E-state index contributed by atoms with van der Waals surface area (Å²) >= 11 is 0. The van der Waals surface area contributed by atoms with Gasteiger partial charge in [0.25, 0.3) is 0 Å². The van der Waals surface area contributed by atoms with Gasteiger partial charge in [-0.3, -0.25) is 4.79 Å². The Labute approximate surface area is 177 Å². The molecular formula is C22H20F2N4O3. The molecule has 1 aliphatic carbocycles. The van der Waals surface area contributed by atoms with Crippen molar-refractivity contribution in [2.75, 3.05) is 11.9 Å². The molecule has 0 spiro atoms. The summed E-state index contributed by atoms with van der Waals surface area (Å²) in [5.74, 6) is -1.35. The van der Waals surface area contributed by atoms with Crippen LogP contribution in [0.25, 0.3) is 0 Å².